The quantitative estimate of drug-likeness (QED) is 0.700. The number of benzene rings is 1. The topological polar surface area (TPSA) is 87.7 Å². The maximum Gasteiger partial charge on any atom is 0.323 e. The molecule has 7 nitrogen and oxygen atoms in total. The molecule has 1 aromatic carbocycles. The highest BCUT2D eigenvalue weighted by Crippen LogP contribution is 2.25. The lowest BCUT2D eigenvalue weighted by atomic mass is 9.95. The van der Waals surface area contributed by atoms with Crippen molar-refractivity contribution >= 4 is 23.5 Å². The van der Waals surface area contributed by atoms with Crippen LogP contribution in [-0.4, -0.2) is 54.5 Å². The fourth-order valence-electron chi connectivity index (χ4n) is 3.89. The van der Waals surface area contributed by atoms with E-state index in [9.17, 15) is 14.4 Å². The van der Waals surface area contributed by atoms with Gasteiger partial charge in [-0.1, -0.05) is 19.9 Å². The van der Waals surface area contributed by atoms with Crippen LogP contribution in [0.3, 0.4) is 0 Å². The molecule has 0 saturated carbocycles. The number of nitrogens with zero attached hydrogens (tertiary/aromatic N) is 1. The molecule has 0 spiro atoms. The lowest BCUT2D eigenvalue weighted by Crippen LogP contribution is -2.55. The number of carbonyl (C=O) groups excluding carboxylic acids is 3. The third-order valence-electron chi connectivity index (χ3n) is 5.27. The van der Waals surface area contributed by atoms with Crippen molar-refractivity contribution < 1.29 is 19.1 Å². The number of hydrogen-bond donors (Lipinski definition) is 2. The Morgan fingerprint density at radius 1 is 1.21 bits per heavy atom. The Hall–Kier alpha value is -2.41. The van der Waals surface area contributed by atoms with Gasteiger partial charge >= 0.3 is 5.97 Å². The summed E-state index contributed by atoms with van der Waals surface area (Å²) in [6.45, 7) is 8.38. The molecule has 2 N–H and O–H groups in total. The minimum Gasteiger partial charge on any atom is -0.468 e. The zero-order valence-electron chi connectivity index (χ0n) is 17.3. The summed E-state index contributed by atoms with van der Waals surface area (Å²) in [6, 6.07) is 6.44. The standard InChI is InChI=1S/C21H31N3O4/c1-13(2)19(14(3)24-11-7-10-18(24)21(27)28-5)23-20(26)16-8-6-9-17(12-16)22-15(4)25/h6,8-9,12-14,18-19H,7,10-11H2,1-5H3,(H,22,25)(H,23,26)/t14?,18-,19-/m0/s1. The Morgan fingerprint density at radius 2 is 1.93 bits per heavy atom. The molecule has 1 saturated heterocycles. The highest BCUT2D eigenvalue weighted by molar-refractivity contribution is 5.97. The first-order chi connectivity index (χ1) is 13.2. The van der Waals surface area contributed by atoms with Crippen LogP contribution in [0.5, 0.6) is 0 Å². The molecule has 28 heavy (non-hydrogen) atoms. The molecule has 1 fully saturated rings. The van der Waals surface area contributed by atoms with Crippen molar-refractivity contribution in [3.05, 3.63) is 29.8 Å². The minimum atomic E-state index is -0.263. The molecule has 1 aliphatic rings. The van der Waals surface area contributed by atoms with Crippen LogP contribution in [0.15, 0.2) is 24.3 Å². The fourth-order valence-corrected chi connectivity index (χ4v) is 3.89. The van der Waals surface area contributed by atoms with Gasteiger partial charge < -0.3 is 15.4 Å². The monoisotopic (exact) mass is 389 g/mol. The van der Waals surface area contributed by atoms with Crippen molar-refractivity contribution in [3.63, 3.8) is 0 Å². The van der Waals surface area contributed by atoms with E-state index in [1.165, 1.54) is 14.0 Å². The van der Waals surface area contributed by atoms with E-state index in [0.717, 1.165) is 19.4 Å². The van der Waals surface area contributed by atoms with Crippen LogP contribution >= 0.6 is 0 Å². The van der Waals surface area contributed by atoms with Gasteiger partial charge in [0.05, 0.1) is 7.11 Å². The molecule has 2 amide bonds. The van der Waals surface area contributed by atoms with E-state index in [1.54, 1.807) is 24.3 Å². The number of nitrogens with one attached hydrogen (secondary N) is 2. The van der Waals surface area contributed by atoms with Gasteiger partial charge in [0.2, 0.25) is 5.91 Å². The predicted octanol–water partition coefficient (Wildman–Crippen LogP) is 2.43. The van der Waals surface area contributed by atoms with E-state index < -0.39 is 0 Å². The third-order valence-corrected chi connectivity index (χ3v) is 5.27. The minimum absolute atomic E-state index is 0.0194. The SMILES string of the molecule is COC(=O)[C@@H]1CCCN1C(C)[C@@H](NC(=O)c1cccc(NC(C)=O)c1)C(C)C. The summed E-state index contributed by atoms with van der Waals surface area (Å²) in [5.41, 5.74) is 1.06. The molecule has 0 aliphatic carbocycles. The molecular formula is C21H31N3O4. The summed E-state index contributed by atoms with van der Waals surface area (Å²) in [5.74, 6) is -0.432. The van der Waals surface area contributed by atoms with Crippen LogP contribution in [0.1, 0.15) is 50.9 Å². The Bertz CT molecular complexity index is 719. The molecule has 1 heterocycles. The number of carbonyl (C=O) groups is 3. The van der Waals surface area contributed by atoms with Gasteiger partial charge in [0.25, 0.3) is 5.91 Å². The van der Waals surface area contributed by atoms with Crippen LogP contribution < -0.4 is 10.6 Å². The van der Waals surface area contributed by atoms with E-state index >= 15 is 0 Å². The first kappa shape index (κ1) is 21.9. The number of hydrogen-bond acceptors (Lipinski definition) is 5. The van der Waals surface area contributed by atoms with Crippen LogP contribution in [0.4, 0.5) is 5.69 Å². The molecule has 154 valence electrons. The maximum absolute atomic E-state index is 12.9. The number of amides is 2. The Morgan fingerprint density at radius 3 is 2.54 bits per heavy atom. The van der Waals surface area contributed by atoms with Crippen molar-refractivity contribution in [1.29, 1.82) is 0 Å². The van der Waals surface area contributed by atoms with E-state index in [-0.39, 0.29) is 41.8 Å². The summed E-state index contributed by atoms with van der Waals surface area (Å²) in [5, 5.41) is 5.81. The van der Waals surface area contributed by atoms with Gasteiger partial charge in [-0.25, -0.2) is 0 Å². The van der Waals surface area contributed by atoms with Gasteiger partial charge in [0, 0.05) is 30.3 Å². The average Bonchev–Trinajstić information content (AvgIpc) is 3.14. The second-order valence-corrected chi connectivity index (χ2v) is 7.66. The third kappa shape index (κ3) is 5.32. The Kier molecular flexibility index (Phi) is 7.57. The van der Waals surface area contributed by atoms with Crippen molar-refractivity contribution in [3.8, 4) is 0 Å². The summed E-state index contributed by atoms with van der Waals surface area (Å²) < 4.78 is 4.95. The summed E-state index contributed by atoms with van der Waals surface area (Å²) in [7, 11) is 1.41. The second kappa shape index (κ2) is 9.68. The number of likely N-dealkylation sites (tertiary alicyclic amines) is 1. The number of methoxy groups -OCH3 is 1. The van der Waals surface area contributed by atoms with Crippen LogP contribution in [-0.2, 0) is 14.3 Å². The van der Waals surface area contributed by atoms with E-state index in [2.05, 4.69) is 29.4 Å². The van der Waals surface area contributed by atoms with Gasteiger partial charge in [0.1, 0.15) is 6.04 Å². The molecule has 3 atom stereocenters. The van der Waals surface area contributed by atoms with Gasteiger partial charge in [0.15, 0.2) is 0 Å². The van der Waals surface area contributed by atoms with Gasteiger partial charge in [-0.15, -0.1) is 0 Å². The number of anilines is 1. The Labute approximate surface area is 166 Å². The lowest BCUT2D eigenvalue weighted by molar-refractivity contribution is -0.146. The highest BCUT2D eigenvalue weighted by atomic mass is 16.5. The van der Waals surface area contributed by atoms with Crippen LogP contribution in [0.2, 0.25) is 0 Å². The van der Waals surface area contributed by atoms with Crippen molar-refractivity contribution in [2.75, 3.05) is 19.0 Å². The largest absolute Gasteiger partial charge is 0.468 e. The zero-order valence-corrected chi connectivity index (χ0v) is 17.3. The second-order valence-electron chi connectivity index (χ2n) is 7.66. The first-order valence-electron chi connectivity index (χ1n) is 9.76. The summed E-state index contributed by atoms with van der Waals surface area (Å²) in [6.07, 6.45) is 1.70. The fraction of sp³-hybridized carbons (Fsp3) is 0.571. The smallest absolute Gasteiger partial charge is 0.323 e. The molecule has 1 aromatic rings. The van der Waals surface area contributed by atoms with Crippen LogP contribution in [0, 0.1) is 5.92 Å². The van der Waals surface area contributed by atoms with Crippen molar-refractivity contribution in [2.24, 2.45) is 5.92 Å². The predicted molar refractivity (Wildman–Crippen MR) is 108 cm³/mol. The molecule has 0 bridgehead atoms. The first-order valence-corrected chi connectivity index (χ1v) is 9.76. The maximum atomic E-state index is 12.9. The summed E-state index contributed by atoms with van der Waals surface area (Å²) in [4.78, 5) is 38.3. The molecular weight excluding hydrogens is 358 g/mol. The summed E-state index contributed by atoms with van der Waals surface area (Å²) >= 11 is 0. The number of ether oxygens (including phenoxy) is 1. The van der Waals surface area contributed by atoms with Crippen molar-refractivity contribution in [1.82, 2.24) is 10.2 Å². The van der Waals surface area contributed by atoms with E-state index in [0.29, 0.717) is 11.3 Å². The van der Waals surface area contributed by atoms with Gasteiger partial charge in [-0.2, -0.15) is 0 Å². The normalized spacial score (nSPS) is 19.1. The molecule has 0 aromatic heterocycles. The van der Waals surface area contributed by atoms with Crippen molar-refractivity contribution in [2.45, 2.75) is 58.7 Å². The average molecular weight is 389 g/mol. The number of esters is 1. The van der Waals surface area contributed by atoms with E-state index in [1.807, 2.05) is 6.92 Å². The number of rotatable bonds is 7. The molecule has 2 rings (SSSR count). The van der Waals surface area contributed by atoms with Crippen LogP contribution in [0.25, 0.3) is 0 Å². The lowest BCUT2D eigenvalue weighted by Gasteiger charge is -2.37. The zero-order chi connectivity index (χ0) is 20.8. The molecule has 0 radical (unpaired) electrons. The van der Waals surface area contributed by atoms with Gasteiger partial charge in [-0.05, 0) is 50.4 Å². The van der Waals surface area contributed by atoms with Gasteiger partial charge in [-0.3, -0.25) is 19.3 Å². The molecule has 1 aliphatic heterocycles. The highest BCUT2D eigenvalue weighted by Gasteiger charge is 2.38. The molecule has 1 unspecified atom stereocenters. The molecule has 7 heteroatoms. The Balaban J connectivity index is 2.15. The van der Waals surface area contributed by atoms with E-state index in [4.69, 9.17) is 4.74 Å².